The molecule has 2 atom stereocenters. The van der Waals surface area contributed by atoms with E-state index in [9.17, 15) is 9.59 Å². The molecule has 0 bridgehead atoms. The number of amides is 2. The van der Waals surface area contributed by atoms with Gasteiger partial charge in [0.15, 0.2) is 5.17 Å². The van der Waals surface area contributed by atoms with Gasteiger partial charge in [-0.05, 0) is 38.1 Å². The average Bonchev–Trinajstić information content (AvgIpc) is 2.98. The van der Waals surface area contributed by atoms with Crippen LogP contribution in [0.1, 0.15) is 19.4 Å². The number of carbonyl (C=O) groups excluding carboxylic acids is 2. The van der Waals surface area contributed by atoms with Crippen molar-refractivity contribution in [2.24, 2.45) is 9.98 Å². The molecule has 2 aromatic carbocycles. The van der Waals surface area contributed by atoms with Gasteiger partial charge in [0.2, 0.25) is 5.91 Å². The van der Waals surface area contributed by atoms with Crippen LogP contribution in [0.15, 0.2) is 64.6 Å². The quantitative estimate of drug-likeness (QED) is 0.889. The molecule has 0 saturated carbocycles. The van der Waals surface area contributed by atoms with E-state index < -0.39 is 11.3 Å². The van der Waals surface area contributed by atoms with Crippen molar-refractivity contribution in [1.29, 1.82) is 0 Å². The third-order valence-electron chi connectivity index (χ3n) is 4.35. The minimum absolute atomic E-state index is 0.124. The van der Waals surface area contributed by atoms with Crippen molar-refractivity contribution < 1.29 is 9.59 Å². The largest absolute Gasteiger partial charge is 0.325 e. The minimum Gasteiger partial charge on any atom is -0.325 e. The fourth-order valence-electron chi connectivity index (χ4n) is 2.93. The molecule has 0 aliphatic carbocycles. The maximum absolute atomic E-state index is 12.6. The van der Waals surface area contributed by atoms with Gasteiger partial charge >= 0.3 is 0 Å². The number of para-hydroxylation sites is 2. The zero-order valence-corrected chi connectivity index (χ0v) is 15.7. The smallest absolute Gasteiger partial charge is 0.258 e. The molecular formula is C20H18N4O2S. The number of aliphatic imine (C=N–C) groups is 2. The summed E-state index contributed by atoms with van der Waals surface area (Å²) in [6, 6.07) is 16.4. The first-order valence-corrected chi connectivity index (χ1v) is 9.55. The SMILES string of the molecule is C[C@H]1N=C2c3ccccc3N=C(S[C@H](C)C(=O)Nc3ccccc3)N2C1=O. The number of nitrogens with one attached hydrogen (secondary N) is 1. The highest BCUT2D eigenvalue weighted by Gasteiger charge is 2.40. The van der Waals surface area contributed by atoms with E-state index in [1.165, 1.54) is 16.7 Å². The molecule has 27 heavy (non-hydrogen) atoms. The summed E-state index contributed by atoms with van der Waals surface area (Å²) < 4.78 is 0. The molecule has 1 N–H and O–H groups in total. The first-order chi connectivity index (χ1) is 13.0. The molecule has 0 saturated heterocycles. The Labute approximate surface area is 161 Å². The van der Waals surface area contributed by atoms with E-state index in [1.54, 1.807) is 13.8 Å². The molecule has 2 aliphatic rings. The lowest BCUT2D eigenvalue weighted by Gasteiger charge is -2.26. The first-order valence-electron chi connectivity index (χ1n) is 8.67. The number of anilines is 1. The number of benzene rings is 2. The van der Waals surface area contributed by atoms with E-state index in [0.717, 1.165) is 16.9 Å². The molecule has 2 heterocycles. The van der Waals surface area contributed by atoms with Crippen LogP contribution in [0.25, 0.3) is 0 Å². The van der Waals surface area contributed by atoms with Crippen LogP contribution >= 0.6 is 11.8 Å². The molecule has 0 radical (unpaired) electrons. The maximum Gasteiger partial charge on any atom is 0.258 e. The molecule has 4 rings (SSSR count). The zero-order valence-electron chi connectivity index (χ0n) is 14.9. The normalized spacial score (nSPS) is 19.0. The topological polar surface area (TPSA) is 74.1 Å². The Balaban J connectivity index is 1.59. The number of fused-ring (bicyclic) bond motifs is 3. The molecule has 6 nitrogen and oxygen atoms in total. The van der Waals surface area contributed by atoms with Gasteiger partial charge < -0.3 is 5.32 Å². The average molecular weight is 378 g/mol. The lowest BCUT2D eigenvalue weighted by Crippen LogP contribution is -2.41. The highest BCUT2D eigenvalue weighted by atomic mass is 32.2. The lowest BCUT2D eigenvalue weighted by molar-refractivity contribution is -0.124. The van der Waals surface area contributed by atoms with E-state index in [2.05, 4.69) is 15.3 Å². The van der Waals surface area contributed by atoms with Crippen molar-refractivity contribution >= 4 is 46.0 Å². The number of nitrogens with zero attached hydrogens (tertiary/aromatic N) is 3. The lowest BCUT2D eigenvalue weighted by atomic mass is 10.1. The molecule has 0 unspecified atom stereocenters. The second-order valence-corrected chi connectivity index (χ2v) is 7.64. The van der Waals surface area contributed by atoms with Crippen molar-refractivity contribution in [3.05, 3.63) is 60.2 Å². The predicted molar refractivity (Wildman–Crippen MR) is 109 cm³/mol. The summed E-state index contributed by atoms with van der Waals surface area (Å²) in [5.74, 6) is 0.337. The number of amidine groups is 2. The van der Waals surface area contributed by atoms with Crippen LogP contribution in [0.2, 0.25) is 0 Å². The second kappa shape index (κ2) is 7.00. The first kappa shape index (κ1) is 17.5. The van der Waals surface area contributed by atoms with Crippen molar-refractivity contribution in [2.45, 2.75) is 25.1 Å². The molecule has 136 valence electrons. The number of hydrogen-bond donors (Lipinski definition) is 1. The van der Waals surface area contributed by atoms with Gasteiger partial charge in [0.1, 0.15) is 11.9 Å². The van der Waals surface area contributed by atoms with Gasteiger partial charge in [-0.2, -0.15) is 0 Å². The Bertz CT molecular complexity index is 971. The van der Waals surface area contributed by atoms with Gasteiger partial charge in [-0.15, -0.1) is 0 Å². The van der Waals surface area contributed by atoms with Crippen molar-refractivity contribution in [2.75, 3.05) is 5.32 Å². The minimum atomic E-state index is -0.453. The number of hydrogen-bond acceptors (Lipinski definition) is 5. The van der Waals surface area contributed by atoms with Crippen LogP contribution in [0, 0.1) is 0 Å². The van der Waals surface area contributed by atoms with Crippen LogP contribution in [-0.2, 0) is 9.59 Å². The zero-order chi connectivity index (χ0) is 19.0. The summed E-state index contributed by atoms with van der Waals surface area (Å²) in [6.07, 6.45) is 0. The van der Waals surface area contributed by atoms with E-state index in [1.807, 2.05) is 54.6 Å². The van der Waals surface area contributed by atoms with E-state index >= 15 is 0 Å². The third kappa shape index (κ3) is 3.26. The Morgan fingerprint density at radius 2 is 1.85 bits per heavy atom. The van der Waals surface area contributed by atoms with Gasteiger partial charge in [0.05, 0.1) is 10.9 Å². The monoisotopic (exact) mass is 378 g/mol. The second-order valence-electron chi connectivity index (χ2n) is 6.33. The van der Waals surface area contributed by atoms with E-state index in [-0.39, 0.29) is 11.8 Å². The molecule has 0 fully saturated rings. The van der Waals surface area contributed by atoms with Crippen LogP contribution in [0.5, 0.6) is 0 Å². The Morgan fingerprint density at radius 1 is 1.15 bits per heavy atom. The summed E-state index contributed by atoms with van der Waals surface area (Å²) in [5, 5.41) is 2.93. The molecule has 2 amide bonds. The maximum atomic E-state index is 12.6. The van der Waals surface area contributed by atoms with Gasteiger partial charge in [-0.25, -0.2) is 9.89 Å². The van der Waals surface area contributed by atoms with Gasteiger partial charge in [-0.3, -0.25) is 14.6 Å². The van der Waals surface area contributed by atoms with Crippen LogP contribution in [-0.4, -0.2) is 39.0 Å². The summed E-state index contributed by atoms with van der Waals surface area (Å²) in [7, 11) is 0. The number of carbonyl (C=O) groups is 2. The fourth-order valence-corrected chi connectivity index (χ4v) is 3.85. The Hall–Kier alpha value is -2.93. The summed E-state index contributed by atoms with van der Waals surface area (Å²) in [4.78, 5) is 35.8. The number of rotatable bonds is 3. The standard InChI is InChI=1S/C20H18N4O2S/c1-12-19(26)24-17(21-12)15-10-6-7-11-16(15)23-20(24)27-13(2)18(25)22-14-8-4-3-5-9-14/h3-13H,1-2H3,(H,22,25)/t12-,13-/m1/s1. The fraction of sp³-hybridized carbons (Fsp3) is 0.200. The van der Waals surface area contributed by atoms with Crippen molar-refractivity contribution in [3.8, 4) is 0 Å². The van der Waals surface area contributed by atoms with Gasteiger partial charge in [-0.1, -0.05) is 42.1 Å². The molecular weight excluding hydrogens is 360 g/mol. The molecule has 2 aliphatic heterocycles. The third-order valence-corrected chi connectivity index (χ3v) is 5.40. The van der Waals surface area contributed by atoms with Crippen LogP contribution < -0.4 is 5.32 Å². The molecule has 7 heteroatoms. The summed E-state index contributed by atoms with van der Waals surface area (Å²) in [6.45, 7) is 3.57. The summed E-state index contributed by atoms with van der Waals surface area (Å²) in [5.41, 5.74) is 2.33. The van der Waals surface area contributed by atoms with Gasteiger partial charge in [0.25, 0.3) is 5.91 Å². The van der Waals surface area contributed by atoms with Gasteiger partial charge in [0, 0.05) is 11.3 Å². The van der Waals surface area contributed by atoms with E-state index in [4.69, 9.17) is 0 Å². The number of thioether (sulfide) groups is 1. The van der Waals surface area contributed by atoms with Crippen molar-refractivity contribution in [3.63, 3.8) is 0 Å². The molecule has 2 aromatic rings. The van der Waals surface area contributed by atoms with Crippen LogP contribution in [0.3, 0.4) is 0 Å². The molecule has 0 spiro atoms. The summed E-state index contributed by atoms with van der Waals surface area (Å²) >= 11 is 1.26. The Kier molecular flexibility index (Phi) is 4.53. The predicted octanol–water partition coefficient (Wildman–Crippen LogP) is 3.43. The highest BCUT2D eigenvalue weighted by molar-refractivity contribution is 8.15. The Morgan fingerprint density at radius 3 is 2.63 bits per heavy atom. The highest BCUT2D eigenvalue weighted by Crippen LogP contribution is 2.34. The van der Waals surface area contributed by atoms with Crippen LogP contribution in [0.4, 0.5) is 11.4 Å². The molecule has 0 aromatic heterocycles. The van der Waals surface area contributed by atoms with E-state index in [0.29, 0.717) is 11.0 Å². The van der Waals surface area contributed by atoms with Crippen molar-refractivity contribution in [1.82, 2.24) is 4.90 Å².